The van der Waals surface area contributed by atoms with Crippen molar-refractivity contribution in [2.45, 2.75) is 19.8 Å². The van der Waals surface area contributed by atoms with Gasteiger partial charge in [-0.1, -0.05) is 12.1 Å². The highest BCUT2D eigenvalue weighted by atomic mass is 16.5. The second-order valence-electron chi connectivity index (χ2n) is 4.93. The van der Waals surface area contributed by atoms with Crippen molar-refractivity contribution in [2.24, 2.45) is 0 Å². The summed E-state index contributed by atoms with van der Waals surface area (Å²) in [6.07, 6.45) is 4.42. The fourth-order valence-electron chi connectivity index (χ4n) is 2.02. The predicted molar refractivity (Wildman–Crippen MR) is 83.7 cm³/mol. The summed E-state index contributed by atoms with van der Waals surface area (Å²) in [5, 5.41) is 2.83. The van der Waals surface area contributed by atoms with Crippen LogP contribution in [0.25, 0.3) is 0 Å². The van der Waals surface area contributed by atoms with Crippen molar-refractivity contribution >= 4 is 17.6 Å². The average molecular weight is 298 g/mol. The number of carbonyl (C=O) groups is 2. The molecule has 1 aromatic heterocycles. The number of ether oxygens (including phenoxy) is 1. The number of nitrogens with one attached hydrogen (secondary N) is 1. The summed E-state index contributed by atoms with van der Waals surface area (Å²) in [6.45, 7) is 1.87. The van der Waals surface area contributed by atoms with Gasteiger partial charge in [-0.25, -0.2) is 4.79 Å². The molecule has 0 spiro atoms. The lowest BCUT2D eigenvalue weighted by molar-refractivity contribution is -0.116. The number of esters is 1. The molecule has 0 saturated heterocycles. The molecule has 0 aliphatic heterocycles. The van der Waals surface area contributed by atoms with Crippen molar-refractivity contribution in [3.63, 3.8) is 0 Å². The van der Waals surface area contributed by atoms with Crippen LogP contribution in [0.15, 0.2) is 42.7 Å². The maximum atomic E-state index is 12.0. The van der Waals surface area contributed by atoms with Gasteiger partial charge in [-0.15, -0.1) is 0 Å². The number of rotatable bonds is 5. The molecule has 5 heteroatoms. The van der Waals surface area contributed by atoms with Crippen LogP contribution in [-0.2, 0) is 16.0 Å². The van der Waals surface area contributed by atoms with E-state index in [9.17, 15) is 9.59 Å². The van der Waals surface area contributed by atoms with Crippen LogP contribution in [0.1, 0.15) is 27.9 Å². The Balaban J connectivity index is 2.00. The molecular formula is C17H18N2O3. The van der Waals surface area contributed by atoms with Crippen LogP contribution in [0.2, 0.25) is 0 Å². The molecule has 1 aromatic carbocycles. The first-order valence-corrected chi connectivity index (χ1v) is 6.98. The summed E-state index contributed by atoms with van der Waals surface area (Å²) >= 11 is 0. The number of amides is 1. The molecule has 1 N–H and O–H groups in total. The minimum Gasteiger partial charge on any atom is -0.465 e. The lowest BCUT2D eigenvalue weighted by Gasteiger charge is -2.10. The van der Waals surface area contributed by atoms with Gasteiger partial charge in [0.2, 0.25) is 5.91 Å². The van der Waals surface area contributed by atoms with E-state index in [1.165, 1.54) is 7.11 Å². The molecule has 1 amide bonds. The third-order valence-electron chi connectivity index (χ3n) is 3.30. The van der Waals surface area contributed by atoms with Gasteiger partial charge in [-0.2, -0.15) is 0 Å². The second kappa shape index (κ2) is 7.36. The van der Waals surface area contributed by atoms with Gasteiger partial charge in [0.15, 0.2) is 0 Å². The number of hydrogen-bond donors (Lipinski definition) is 1. The van der Waals surface area contributed by atoms with E-state index in [0.717, 1.165) is 11.1 Å². The number of anilines is 1. The maximum Gasteiger partial charge on any atom is 0.337 e. The molecule has 0 atom stereocenters. The predicted octanol–water partition coefficient (Wildman–Crippen LogP) is 2.75. The molecule has 0 aliphatic carbocycles. The molecule has 2 aromatic rings. The Hall–Kier alpha value is -2.69. The molecule has 0 saturated carbocycles. The van der Waals surface area contributed by atoms with Crippen LogP contribution in [-0.4, -0.2) is 24.0 Å². The monoisotopic (exact) mass is 298 g/mol. The molecule has 114 valence electrons. The van der Waals surface area contributed by atoms with Crippen molar-refractivity contribution in [2.75, 3.05) is 12.4 Å². The minimum atomic E-state index is -0.425. The first-order valence-electron chi connectivity index (χ1n) is 6.98. The molecule has 1 heterocycles. The summed E-state index contributed by atoms with van der Waals surface area (Å²) in [5.41, 5.74) is 2.94. The zero-order chi connectivity index (χ0) is 15.9. The lowest BCUT2D eigenvalue weighted by Crippen LogP contribution is -2.14. The van der Waals surface area contributed by atoms with E-state index in [-0.39, 0.29) is 5.91 Å². The van der Waals surface area contributed by atoms with Gasteiger partial charge in [0.05, 0.1) is 12.7 Å². The molecule has 0 unspecified atom stereocenters. The topological polar surface area (TPSA) is 68.3 Å². The van der Waals surface area contributed by atoms with Crippen LogP contribution < -0.4 is 5.32 Å². The second-order valence-corrected chi connectivity index (χ2v) is 4.93. The summed E-state index contributed by atoms with van der Waals surface area (Å²) in [7, 11) is 1.33. The summed E-state index contributed by atoms with van der Waals surface area (Å²) < 4.78 is 4.68. The smallest absolute Gasteiger partial charge is 0.337 e. The highest BCUT2D eigenvalue weighted by Gasteiger charge is 2.10. The van der Waals surface area contributed by atoms with Gasteiger partial charge < -0.3 is 10.1 Å². The fourth-order valence-corrected chi connectivity index (χ4v) is 2.02. The first kappa shape index (κ1) is 15.7. The zero-order valence-electron chi connectivity index (χ0n) is 12.6. The fraction of sp³-hybridized carbons (Fsp3) is 0.235. The van der Waals surface area contributed by atoms with Crippen LogP contribution in [0.4, 0.5) is 5.69 Å². The normalized spacial score (nSPS) is 10.1. The van der Waals surface area contributed by atoms with Crippen LogP contribution in [0, 0.1) is 6.92 Å². The molecule has 2 rings (SSSR count). The number of methoxy groups -OCH3 is 1. The molecule has 0 radical (unpaired) electrons. The first-order chi connectivity index (χ1) is 10.6. The molecular weight excluding hydrogens is 280 g/mol. The Bertz CT molecular complexity index is 669. The van der Waals surface area contributed by atoms with E-state index >= 15 is 0 Å². The SMILES string of the molecule is COC(=O)c1ccc(C)c(NC(=O)CCc2cccnc2)c1. The number of nitrogens with zero attached hydrogens (tertiary/aromatic N) is 1. The van der Waals surface area contributed by atoms with E-state index in [1.54, 1.807) is 30.6 Å². The summed E-state index contributed by atoms with van der Waals surface area (Å²) in [4.78, 5) is 27.6. The molecule has 0 fully saturated rings. The van der Waals surface area contributed by atoms with Gasteiger partial charge in [0, 0.05) is 24.5 Å². The van der Waals surface area contributed by atoms with Crippen LogP contribution in [0.5, 0.6) is 0 Å². The number of aromatic nitrogens is 1. The standard InChI is InChI=1S/C17H18N2O3/c1-12-5-7-14(17(21)22-2)10-15(12)19-16(20)8-6-13-4-3-9-18-11-13/h3-5,7,9-11H,6,8H2,1-2H3,(H,19,20). The Morgan fingerprint density at radius 3 is 2.77 bits per heavy atom. The van der Waals surface area contributed by atoms with Crippen LogP contribution >= 0.6 is 0 Å². The number of hydrogen-bond acceptors (Lipinski definition) is 4. The maximum absolute atomic E-state index is 12.0. The van der Waals surface area contributed by atoms with E-state index in [0.29, 0.717) is 24.1 Å². The Kier molecular flexibility index (Phi) is 5.25. The van der Waals surface area contributed by atoms with Crippen molar-refractivity contribution in [3.8, 4) is 0 Å². The third kappa shape index (κ3) is 4.15. The van der Waals surface area contributed by atoms with Gasteiger partial charge >= 0.3 is 5.97 Å². The molecule has 5 nitrogen and oxygen atoms in total. The minimum absolute atomic E-state index is 0.103. The molecule has 22 heavy (non-hydrogen) atoms. The van der Waals surface area contributed by atoms with Gasteiger partial charge in [-0.3, -0.25) is 9.78 Å². The van der Waals surface area contributed by atoms with E-state index < -0.39 is 5.97 Å². The van der Waals surface area contributed by atoms with Crippen molar-refractivity contribution < 1.29 is 14.3 Å². The van der Waals surface area contributed by atoms with E-state index in [1.807, 2.05) is 19.1 Å². The lowest BCUT2D eigenvalue weighted by atomic mass is 10.1. The van der Waals surface area contributed by atoms with Crippen molar-refractivity contribution in [1.29, 1.82) is 0 Å². The zero-order valence-corrected chi connectivity index (χ0v) is 12.6. The van der Waals surface area contributed by atoms with E-state index in [2.05, 4.69) is 15.0 Å². The van der Waals surface area contributed by atoms with Gasteiger partial charge in [0.1, 0.15) is 0 Å². The van der Waals surface area contributed by atoms with Crippen molar-refractivity contribution in [1.82, 2.24) is 4.98 Å². The number of benzene rings is 1. The molecule has 0 aliphatic rings. The Morgan fingerprint density at radius 2 is 2.09 bits per heavy atom. The summed E-state index contributed by atoms with van der Waals surface area (Å²) in [5.74, 6) is -0.528. The third-order valence-corrected chi connectivity index (χ3v) is 3.30. The highest BCUT2D eigenvalue weighted by Crippen LogP contribution is 2.18. The van der Waals surface area contributed by atoms with Gasteiger partial charge in [-0.05, 0) is 42.7 Å². The number of pyridine rings is 1. The Labute approximate surface area is 129 Å². The van der Waals surface area contributed by atoms with Crippen LogP contribution in [0.3, 0.4) is 0 Å². The average Bonchev–Trinajstić information content (AvgIpc) is 2.55. The number of aryl methyl sites for hydroxylation is 2. The highest BCUT2D eigenvalue weighted by molar-refractivity contribution is 5.95. The molecule has 0 bridgehead atoms. The van der Waals surface area contributed by atoms with E-state index in [4.69, 9.17) is 0 Å². The van der Waals surface area contributed by atoms with Crippen molar-refractivity contribution in [3.05, 3.63) is 59.4 Å². The quantitative estimate of drug-likeness (QED) is 0.862. The van der Waals surface area contributed by atoms with Gasteiger partial charge in [0.25, 0.3) is 0 Å². The summed E-state index contributed by atoms with van der Waals surface area (Å²) in [6, 6.07) is 8.86. The largest absolute Gasteiger partial charge is 0.465 e. The number of carbonyl (C=O) groups excluding carboxylic acids is 2. The Morgan fingerprint density at radius 1 is 1.27 bits per heavy atom.